The van der Waals surface area contributed by atoms with Crippen LogP contribution in [0, 0.1) is 0 Å². The predicted molar refractivity (Wildman–Crippen MR) is 145 cm³/mol. The molecule has 0 aliphatic heterocycles. The van der Waals surface area contributed by atoms with Crippen molar-refractivity contribution < 1.29 is 35.5 Å². The van der Waals surface area contributed by atoms with Gasteiger partial charge in [-0.3, -0.25) is 0 Å². The van der Waals surface area contributed by atoms with Gasteiger partial charge in [0.15, 0.2) is 0 Å². The number of benzene rings is 2. The van der Waals surface area contributed by atoms with Crippen LogP contribution in [0.15, 0.2) is 42.5 Å². The van der Waals surface area contributed by atoms with Crippen LogP contribution in [0.4, 0.5) is 0 Å². The number of hydrogen-bond acceptors (Lipinski definition) is 4. The third-order valence-corrected chi connectivity index (χ3v) is 19.1. The maximum atomic E-state index is 13.5. The van der Waals surface area contributed by atoms with E-state index in [0.717, 1.165) is 16.9 Å². The number of nitrogens with one attached hydrogen (secondary N) is 1. The fraction of sp³-hybridized carbons (Fsp3) is 0.552. The van der Waals surface area contributed by atoms with Gasteiger partial charge in [0.05, 0.1) is 0 Å². The molecule has 0 heterocycles. The minimum absolute atomic E-state index is 0.134. The van der Waals surface area contributed by atoms with E-state index in [9.17, 15) is 4.79 Å². The second-order valence-electron chi connectivity index (χ2n) is 9.59. The Kier molecular flexibility index (Phi) is 10.5. The molecule has 7 heteroatoms. The third-order valence-electron chi connectivity index (χ3n) is 7.12. The molecular weight excluding hydrogens is 564 g/mol. The zero-order valence-corrected chi connectivity index (χ0v) is 24.3. The Morgan fingerprint density at radius 2 is 1.36 bits per heavy atom. The first kappa shape index (κ1) is 27.4. The predicted octanol–water partition coefficient (Wildman–Crippen LogP) is 6.29. The van der Waals surface area contributed by atoms with Gasteiger partial charge in [-0.15, -0.1) is 0 Å². The van der Waals surface area contributed by atoms with Crippen molar-refractivity contribution in [1.82, 2.24) is 3.95 Å². The molecule has 0 atom stereocenters. The summed E-state index contributed by atoms with van der Waals surface area (Å²) in [5.74, 6) is 2.11. The van der Waals surface area contributed by atoms with Gasteiger partial charge in [0.25, 0.3) is 0 Å². The van der Waals surface area contributed by atoms with Crippen LogP contribution in [0.3, 0.4) is 0 Å². The fourth-order valence-corrected chi connectivity index (χ4v) is 18.7. The van der Waals surface area contributed by atoms with Crippen LogP contribution in [0.25, 0.3) is 0 Å². The summed E-state index contributed by atoms with van der Waals surface area (Å²) in [4.78, 5) is 13.5. The summed E-state index contributed by atoms with van der Waals surface area (Å²) in [6.45, 7) is 0. The Morgan fingerprint density at radius 3 is 1.83 bits per heavy atom. The molecule has 2 aliphatic rings. The topological polar surface area (TPSA) is 56.8 Å². The Morgan fingerprint density at radius 1 is 0.833 bits per heavy atom. The van der Waals surface area contributed by atoms with E-state index in [4.69, 9.17) is 14.2 Å². The SMILES string of the molecule is COc1c[c]([Pd]([NH]C(=O)Cc2ccccc2)[P](C2CCCCC2)C2CCCCC2)cc(OC)c1OC. The van der Waals surface area contributed by atoms with Crippen LogP contribution in [0.2, 0.25) is 0 Å². The first-order valence-electron chi connectivity index (χ1n) is 13.2. The molecule has 0 bridgehead atoms. The van der Waals surface area contributed by atoms with Crippen LogP contribution >= 0.6 is 6.11 Å². The molecule has 36 heavy (non-hydrogen) atoms. The average Bonchev–Trinajstić information content (AvgIpc) is 2.93. The Hall–Kier alpha value is -1.60. The van der Waals surface area contributed by atoms with Crippen molar-refractivity contribution in [2.75, 3.05) is 21.3 Å². The van der Waals surface area contributed by atoms with Crippen molar-refractivity contribution in [3.8, 4) is 17.2 Å². The number of hydrogen-bond donors (Lipinski definition) is 1. The van der Waals surface area contributed by atoms with Gasteiger partial charge in [-0.1, -0.05) is 0 Å². The van der Waals surface area contributed by atoms with E-state index >= 15 is 0 Å². The molecule has 2 aromatic rings. The molecule has 2 aromatic carbocycles. The van der Waals surface area contributed by atoms with Crippen LogP contribution in [0.5, 0.6) is 17.2 Å². The second kappa shape index (κ2) is 13.8. The van der Waals surface area contributed by atoms with Gasteiger partial charge >= 0.3 is 224 Å². The monoisotopic (exact) mass is 604 g/mol. The zero-order valence-electron chi connectivity index (χ0n) is 21.9. The van der Waals surface area contributed by atoms with Crippen molar-refractivity contribution in [2.45, 2.75) is 81.9 Å². The molecule has 1 amide bonds. The number of carbonyl (C=O) groups is 1. The summed E-state index contributed by atoms with van der Waals surface area (Å²) in [5.41, 5.74) is 2.52. The van der Waals surface area contributed by atoms with Gasteiger partial charge in [-0.05, 0) is 0 Å². The molecular formula is C29H41NO4PPd. The average molecular weight is 605 g/mol. The van der Waals surface area contributed by atoms with E-state index in [1.165, 1.54) is 68.2 Å². The standard InChI is InChI=1S/C12H22P.C9H11O3.C8H9NO.Pd/c1-3-7-11(8-4-1)13-12-9-5-2-6-10-12;1-10-7-5-4-6-8(11-2)9(7)12-3;9-8(10)6-7-4-2-1-3-5-7;/h11-12H,1-10H2;5-6H,1-3H3;1-5H,6H2,(H2,9,10);/q-1;;;+2/p-1. The number of rotatable bonds is 10. The van der Waals surface area contributed by atoms with Gasteiger partial charge < -0.3 is 0 Å². The van der Waals surface area contributed by atoms with E-state index in [0.29, 0.717) is 23.7 Å². The van der Waals surface area contributed by atoms with Crippen LogP contribution in [-0.2, 0) is 27.7 Å². The van der Waals surface area contributed by atoms with E-state index in [2.05, 4.69) is 16.1 Å². The number of amides is 1. The van der Waals surface area contributed by atoms with Gasteiger partial charge in [-0.2, -0.15) is 0 Å². The molecule has 2 saturated carbocycles. The maximum absolute atomic E-state index is 13.5. The Labute approximate surface area is 223 Å². The molecule has 0 aromatic heterocycles. The number of methoxy groups -OCH3 is 3. The molecule has 0 spiro atoms. The van der Waals surface area contributed by atoms with Gasteiger partial charge in [0.2, 0.25) is 0 Å². The van der Waals surface area contributed by atoms with E-state index in [1.807, 2.05) is 30.3 Å². The van der Waals surface area contributed by atoms with Crippen LogP contribution < -0.4 is 22.2 Å². The second-order valence-corrected chi connectivity index (χ2v) is 18.1. The normalized spacial score (nSPS) is 17.5. The summed E-state index contributed by atoms with van der Waals surface area (Å²) in [5, 5.41) is 0. The number of carbonyl (C=O) groups excluding carboxylic acids is 1. The van der Waals surface area contributed by atoms with Crippen molar-refractivity contribution in [3.63, 3.8) is 0 Å². The van der Waals surface area contributed by atoms with Crippen molar-refractivity contribution in [1.29, 1.82) is 0 Å². The number of ether oxygens (including phenoxy) is 3. The van der Waals surface area contributed by atoms with Crippen molar-refractivity contribution in [2.24, 2.45) is 0 Å². The molecule has 2 aliphatic carbocycles. The summed E-state index contributed by atoms with van der Waals surface area (Å²) in [6, 6.07) is 14.3. The van der Waals surface area contributed by atoms with Gasteiger partial charge in [-0.25, -0.2) is 0 Å². The third kappa shape index (κ3) is 6.83. The molecule has 4 rings (SSSR count). The fourth-order valence-electron chi connectivity index (χ4n) is 5.35. The quantitative estimate of drug-likeness (QED) is 0.256. The molecule has 1 N–H and O–H groups in total. The first-order chi connectivity index (χ1) is 17.6. The van der Waals surface area contributed by atoms with E-state index < -0.39 is 16.5 Å². The first-order valence-corrected chi connectivity index (χ1v) is 18.1. The summed E-state index contributed by atoms with van der Waals surface area (Å²) in [6.07, 6.45) is 13.3. The molecule has 5 nitrogen and oxygen atoms in total. The van der Waals surface area contributed by atoms with Crippen molar-refractivity contribution in [3.05, 3.63) is 48.0 Å². The summed E-state index contributed by atoms with van der Waals surface area (Å²) < 4.78 is 22.0. The summed E-state index contributed by atoms with van der Waals surface area (Å²) >= 11 is -1.62. The van der Waals surface area contributed by atoms with Crippen LogP contribution in [-0.4, -0.2) is 38.6 Å². The Bertz CT molecular complexity index is 933. The van der Waals surface area contributed by atoms with Crippen molar-refractivity contribution >= 4 is 16.1 Å². The molecule has 0 unspecified atom stereocenters. The van der Waals surface area contributed by atoms with Gasteiger partial charge in [0.1, 0.15) is 0 Å². The van der Waals surface area contributed by atoms with Gasteiger partial charge in [0, 0.05) is 0 Å². The van der Waals surface area contributed by atoms with Crippen LogP contribution in [0.1, 0.15) is 69.8 Å². The Balaban J connectivity index is 1.74. The molecule has 2 fully saturated rings. The molecule has 0 saturated heterocycles. The molecule has 0 radical (unpaired) electrons. The van der Waals surface area contributed by atoms with E-state index in [1.54, 1.807) is 21.3 Å². The minimum atomic E-state index is -1.62. The summed E-state index contributed by atoms with van der Waals surface area (Å²) in [7, 11) is 4.99. The molecule has 201 valence electrons. The van der Waals surface area contributed by atoms with E-state index in [-0.39, 0.29) is 12.0 Å². The zero-order chi connectivity index (χ0) is 25.3.